The molecule has 0 radical (unpaired) electrons. The fraction of sp³-hybridized carbons (Fsp3) is 0.480. The van der Waals surface area contributed by atoms with E-state index in [-0.39, 0.29) is 5.82 Å². The van der Waals surface area contributed by atoms with Gasteiger partial charge in [0.2, 0.25) is 0 Å². The van der Waals surface area contributed by atoms with E-state index >= 15 is 0 Å². The van der Waals surface area contributed by atoms with Gasteiger partial charge in [0.15, 0.2) is 5.96 Å². The highest BCUT2D eigenvalue weighted by molar-refractivity contribution is 5.79. The maximum atomic E-state index is 13.1. The van der Waals surface area contributed by atoms with Crippen molar-refractivity contribution in [3.63, 3.8) is 0 Å². The van der Waals surface area contributed by atoms with Crippen LogP contribution in [0.2, 0.25) is 0 Å². The highest BCUT2D eigenvalue weighted by atomic mass is 19.1. The summed E-state index contributed by atoms with van der Waals surface area (Å²) in [5, 5.41) is 3.39. The summed E-state index contributed by atoms with van der Waals surface area (Å²) in [6.07, 6.45) is 2.18. The smallest absolute Gasteiger partial charge is 0.193 e. The molecule has 0 atom stereocenters. The normalized spacial score (nSPS) is 15.1. The number of halogens is 1. The van der Waals surface area contributed by atoms with E-state index < -0.39 is 0 Å². The molecule has 1 saturated heterocycles. The topological polar surface area (TPSA) is 49.3 Å². The van der Waals surface area contributed by atoms with Gasteiger partial charge in [0.05, 0.1) is 0 Å². The summed E-state index contributed by atoms with van der Waals surface area (Å²) in [6.45, 7) is 4.55. The van der Waals surface area contributed by atoms with Gasteiger partial charge < -0.3 is 19.7 Å². The van der Waals surface area contributed by atoms with Gasteiger partial charge in [0.25, 0.3) is 0 Å². The Balaban J connectivity index is 1.45. The molecule has 0 aliphatic carbocycles. The van der Waals surface area contributed by atoms with Gasteiger partial charge in [-0.1, -0.05) is 24.3 Å². The van der Waals surface area contributed by atoms with Crippen LogP contribution in [-0.4, -0.2) is 69.3 Å². The van der Waals surface area contributed by atoms with Crippen molar-refractivity contribution in [2.45, 2.75) is 32.0 Å². The third kappa shape index (κ3) is 7.50. The second kappa shape index (κ2) is 12.4. The summed E-state index contributed by atoms with van der Waals surface area (Å²) in [5.41, 5.74) is 2.15. The standard InChI is InChI=1S/C25H35FN4O2/c1-27-25(30(3)19-20-7-9-22(26)10-8-20)28-18-21-5-4-6-24(17-21)32-16-13-29(2)23-11-14-31-15-12-23/h4-10,17,23H,11-16,18-19H2,1-3H3,(H,27,28). The van der Waals surface area contributed by atoms with Crippen LogP contribution in [0.15, 0.2) is 53.5 Å². The van der Waals surface area contributed by atoms with Crippen LogP contribution in [0, 0.1) is 5.82 Å². The van der Waals surface area contributed by atoms with Crippen LogP contribution in [0.25, 0.3) is 0 Å². The van der Waals surface area contributed by atoms with Crippen LogP contribution in [0.5, 0.6) is 5.75 Å². The lowest BCUT2D eigenvalue weighted by Gasteiger charge is -2.31. The van der Waals surface area contributed by atoms with Crippen LogP contribution in [0.4, 0.5) is 4.39 Å². The molecule has 0 spiro atoms. The van der Waals surface area contributed by atoms with Crippen molar-refractivity contribution in [1.29, 1.82) is 0 Å². The van der Waals surface area contributed by atoms with Gasteiger partial charge in [0.1, 0.15) is 18.2 Å². The SMILES string of the molecule is CN=C(NCc1cccc(OCCN(C)C2CCOCC2)c1)N(C)Cc1ccc(F)cc1. The van der Waals surface area contributed by atoms with Crippen molar-refractivity contribution in [2.24, 2.45) is 4.99 Å². The lowest BCUT2D eigenvalue weighted by Crippen LogP contribution is -2.38. The Morgan fingerprint density at radius 2 is 1.88 bits per heavy atom. The van der Waals surface area contributed by atoms with Crippen LogP contribution >= 0.6 is 0 Å². The molecule has 1 heterocycles. The second-order valence-corrected chi connectivity index (χ2v) is 8.20. The fourth-order valence-electron chi connectivity index (χ4n) is 3.87. The zero-order valence-electron chi connectivity index (χ0n) is 19.4. The van der Waals surface area contributed by atoms with Gasteiger partial charge in [-0.3, -0.25) is 9.89 Å². The predicted molar refractivity (Wildman–Crippen MR) is 126 cm³/mol. The number of ether oxygens (including phenoxy) is 2. The van der Waals surface area contributed by atoms with E-state index in [1.165, 1.54) is 12.1 Å². The molecule has 3 rings (SSSR count). The number of nitrogens with one attached hydrogen (secondary N) is 1. The van der Waals surface area contributed by atoms with Crippen LogP contribution in [0.3, 0.4) is 0 Å². The summed E-state index contributed by atoms with van der Waals surface area (Å²) in [6, 6.07) is 15.3. The summed E-state index contributed by atoms with van der Waals surface area (Å²) < 4.78 is 24.6. The minimum absolute atomic E-state index is 0.226. The number of aliphatic imine (C=N–C) groups is 1. The molecule has 0 aromatic heterocycles. The molecule has 32 heavy (non-hydrogen) atoms. The van der Waals surface area contributed by atoms with Crippen molar-refractivity contribution in [3.05, 3.63) is 65.5 Å². The van der Waals surface area contributed by atoms with Crippen molar-refractivity contribution in [1.82, 2.24) is 15.1 Å². The van der Waals surface area contributed by atoms with E-state index in [0.29, 0.717) is 25.7 Å². The van der Waals surface area contributed by atoms with E-state index in [1.807, 2.05) is 24.1 Å². The highest BCUT2D eigenvalue weighted by Gasteiger charge is 2.18. The Morgan fingerprint density at radius 3 is 2.59 bits per heavy atom. The van der Waals surface area contributed by atoms with Gasteiger partial charge in [-0.05, 0) is 55.3 Å². The Bertz CT molecular complexity index is 853. The molecule has 1 N–H and O–H groups in total. The Hall–Kier alpha value is -2.64. The van der Waals surface area contributed by atoms with Crippen LogP contribution in [-0.2, 0) is 17.8 Å². The maximum absolute atomic E-state index is 13.1. The number of benzene rings is 2. The minimum atomic E-state index is -0.226. The first-order valence-corrected chi connectivity index (χ1v) is 11.2. The molecule has 0 bridgehead atoms. The van der Waals surface area contributed by atoms with Crippen LogP contribution < -0.4 is 10.1 Å². The van der Waals surface area contributed by atoms with Gasteiger partial charge in [-0.15, -0.1) is 0 Å². The molecule has 0 saturated carbocycles. The lowest BCUT2D eigenvalue weighted by atomic mass is 10.1. The molecule has 2 aromatic carbocycles. The molecule has 0 unspecified atom stereocenters. The third-order valence-electron chi connectivity index (χ3n) is 5.78. The van der Waals surface area contributed by atoms with E-state index in [1.54, 1.807) is 19.2 Å². The van der Waals surface area contributed by atoms with E-state index in [0.717, 1.165) is 55.4 Å². The summed E-state index contributed by atoms with van der Waals surface area (Å²) in [4.78, 5) is 8.75. The van der Waals surface area contributed by atoms with E-state index in [2.05, 4.69) is 34.4 Å². The monoisotopic (exact) mass is 442 g/mol. The molecule has 2 aromatic rings. The largest absolute Gasteiger partial charge is 0.492 e. The van der Waals surface area contributed by atoms with Crippen molar-refractivity contribution in [2.75, 3.05) is 47.5 Å². The summed E-state index contributed by atoms with van der Waals surface area (Å²) in [7, 11) is 5.89. The Labute approximate surface area is 191 Å². The first-order valence-electron chi connectivity index (χ1n) is 11.2. The average molecular weight is 443 g/mol. The van der Waals surface area contributed by atoms with Gasteiger partial charge >= 0.3 is 0 Å². The van der Waals surface area contributed by atoms with Crippen molar-refractivity contribution < 1.29 is 13.9 Å². The molecular formula is C25H35FN4O2. The zero-order chi connectivity index (χ0) is 22.8. The van der Waals surface area contributed by atoms with Crippen molar-refractivity contribution >= 4 is 5.96 Å². The van der Waals surface area contributed by atoms with Crippen molar-refractivity contribution in [3.8, 4) is 5.75 Å². The Kier molecular flexibility index (Phi) is 9.31. The number of likely N-dealkylation sites (N-methyl/N-ethyl adjacent to an activating group) is 1. The van der Waals surface area contributed by atoms with E-state index in [9.17, 15) is 4.39 Å². The number of guanidine groups is 1. The van der Waals surface area contributed by atoms with Gasteiger partial charge in [-0.25, -0.2) is 4.39 Å². The highest BCUT2D eigenvalue weighted by Crippen LogP contribution is 2.15. The second-order valence-electron chi connectivity index (χ2n) is 8.20. The maximum Gasteiger partial charge on any atom is 0.193 e. The Morgan fingerprint density at radius 1 is 1.12 bits per heavy atom. The van der Waals surface area contributed by atoms with Gasteiger partial charge in [0, 0.05) is 53.0 Å². The first-order chi connectivity index (χ1) is 15.5. The third-order valence-corrected chi connectivity index (χ3v) is 5.78. The molecule has 1 fully saturated rings. The van der Waals surface area contributed by atoms with Crippen LogP contribution in [0.1, 0.15) is 24.0 Å². The van der Waals surface area contributed by atoms with E-state index in [4.69, 9.17) is 9.47 Å². The molecule has 174 valence electrons. The quantitative estimate of drug-likeness (QED) is 0.476. The molecular weight excluding hydrogens is 407 g/mol. The molecule has 6 nitrogen and oxygen atoms in total. The zero-order valence-corrected chi connectivity index (χ0v) is 19.4. The molecule has 1 aliphatic heterocycles. The first kappa shape index (κ1) is 24.0. The molecule has 1 aliphatic rings. The predicted octanol–water partition coefficient (Wildman–Crippen LogP) is 3.52. The summed E-state index contributed by atoms with van der Waals surface area (Å²) in [5.74, 6) is 1.43. The van der Waals surface area contributed by atoms with Gasteiger partial charge in [-0.2, -0.15) is 0 Å². The molecule has 0 amide bonds. The minimum Gasteiger partial charge on any atom is -0.492 e. The lowest BCUT2D eigenvalue weighted by molar-refractivity contribution is 0.0392. The average Bonchev–Trinajstić information content (AvgIpc) is 2.82. The fourth-order valence-corrected chi connectivity index (χ4v) is 3.87. The number of rotatable bonds is 9. The number of nitrogens with zero attached hydrogens (tertiary/aromatic N) is 3. The molecule has 7 heteroatoms. The number of hydrogen-bond donors (Lipinski definition) is 1. The number of hydrogen-bond acceptors (Lipinski definition) is 4. The summed E-state index contributed by atoms with van der Waals surface area (Å²) >= 11 is 0.